The molecular formula is C16H24N2O2. The van der Waals surface area contributed by atoms with Gasteiger partial charge in [0, 0.05) is 18.6 Å². The van der Waals surface area contributed by atoms with E-state index in [4.69, 9.17) is 4.74 Å². The largest absolute Gasteiger partial charge is 0.484 e. The summed E-state index contributed by atoms with van der Waals surface area (Å²) >= 11 is 0. The fourth-order valence-corrected chi connectivity index (χ4v) is 2.50. The maximum Gasteiger partial charge on any atom is 0.260 e. The molecule has 1 atom stereocenters. The molecule has 1 aromatic carbocycles. The molecule has 1 unspecified atom stereocenters. The summed E-state index contributed by atoms with van der Waals surface area (Å²) in [5.74, 6) is 0.793. The summed E-state index contributed by atoms with van der Waals surface area (Å²) in [4.78, 5) is 14.2. The molecule has 1 amide bonds. The van der Waals surface area contributed by atoms with Crippen molar-refractivity contribution in [2.45, 2.75) is 38.8 Å². The Balaban J connectivity index is 1.86. The molecule has 1 aliphatic rings. The zero-order valence-electron chi connectivity index (χ0n) is 12.3. The highest BCUT2D eigenvalue weighted by molar-refractivity contribution is 5.78. The second-order valence-electron chi connectivity index (χ2n) is 5.53. The number of carbonyl (C=O) groups excluding carboxylic acids is 1. The Bertz CT molecular complexity index is 414. The van der Waals surface area contributed by atoms with Gasteiger partial charge in [-0.2, -0.15) is 0 Å². The van der Waals surface area contributed by atoms with Crippen LogP contribution in [0.2, 0.25) is 0 Å². The summed E-state index contributed by atoms with van der Waals surface area (Å²) in [5.41, 5.74) is 0. The van der Waals surface area contributed by atoms with Crippen molar-refractivity contribution in [2.24, 2.45) is 0 Å². The lowest BCUT2D eigenvalue weighted by Gasteiger charge is -2.29. The van der Waals surface area contributed by atoms with Crippen molar-refractivity contribution in [3.8, 4) is 5.75 Å². The average molecular weight is 276 g/mol. The highest BCUT2D eigenvalue weighted by Gasteiger charge is 2.23. The minimum Gasteiger partial charge on any atom is -0.484 e. The third kappa shape index (κ3) is 4.23. The quantitative estimate of drug-likeness (QED) is 0.864. The maximum absolute atomic E-state index is 12.3. The first-order valence-corrected chi connectivity index (χ1v) is 7.37. The molecule has 1 fully saturated rings. The SMILES string of the molecule is CC(C)N(CC1CCCN1)C(=O)COc1ccccc1. The smallest absolute Gasteiger partial charge is 0.260 e. The van der Waals surface area contributed by atoms with Gasteiger partial charge < -0.3 is 15.0 Å². The summed E-state index contributed by atoms with van der Waals surface area (Å²) < 4.78 is 5.55. The first kappa shape index (κ1) is 14.9. The minimum absolute atomic E-state index is 0.0533. The Labute approximate surface area is 121 Å². The third-order valence-electron chi connectivity index (χ3n) is 3.63. The van der Waals surface area contributed by atoms with E-state index in [-0.39, 0.29) is 18.6 Å². The lowest BCUT2D eigenvalue weighted by atomic mass is 10.2. The number of ether oxygens (including phenoxy) is 1. The van der Waals surface area contributed by atoms with Gasteiger partial charge in [-0.05, 0) is 45.4 Å². The Morgan fingerprint density at radius 3 is 2.75 bits per heavy atom. The van der Waals surface area contributed by atoms with Crippen LogP contribution in [0.3, 0.4) is 0 Å². The van der Waals surface area contributed by atoms with E-state index in [1.807, 2.05) is 35.2 Å². The monoisotopic (exact) mass is 276 g/mol. The van der Waals surface area contributed by atoms with Gasteiger partial charge in [-0.3, -0.25) is 4.79 Å². The van der Waals surface area contributed by atoms with Crippen LogP contribution in [-0.2, 0) is 4.79 Å². The molecule has 0 aliphatic carbocycles. The van der Waals surface area contributed by atoms with Crippen molar-refractivity contribution in [2.75, 3.05) is 19.7 Å². The lowest BCUT2D eigenvalue weighted by Crippen LogP contribution is -2.46. The summed E-state index contributed by atoms with van der Waals surface area (Å²) in [7, 11) is 0. The van der Waals surface area contributed by atoms with Crippen LogP contribution < -0.4 is 10.1 Å². The van der Waals surface area contributed by atoms with E-state index in [0.29, 0.717) is 6.04 Å². The van der Waals surface area contributed by atoms with E-state index in [1.54, 1.807) is 0 Å². The Kier molecular flexibility index (Phi) is 5.41. The van der Waals surface area contributed by atoms with E-state index in [9.17, 15) is 4.79 Å². The number of benzene rings is 1. The molecule has 0 radical (unpaired) electrons. The number of rotatable bonds is 6. The van der Waals surface area contributed by atoms with Gasteiger partial charge in [0.15, 0.2) is 6.61 Å². The van der Waals surface area contributed by atoms with E-state index in [2.05, 4.69) is 19.2 Å². The van der Waals surface area contributed by atoms with Crippen LogP contribution in [0.4, 0.5) is 0 Å². The van der Waals surface area contributed by atoms with Crippen molar-refractivity contribution in [1.29, 1.82) is 0 Å². The predicted molar refractivity (Wildman–Crippen MR) is 79.8 cm³/mol. The van der Waals surface area contributed by atoms with Crippen LogP contribution in [-0.4, -0.2) is 42.6 Å². The second-order valence-corrected chi connectivity index (χ2v) is 5.53. The zero-order chi connectivity index (χ0) is 14.4. The van der Waals surface area contributed by atoms with Gasteiger partial charge in [0.2, 0.25) is 0 Å². The van der Waals surface area contributed by atoms with Crippen molar-refractivity contribution in [3.63, 3.8) is 0 Å². The molecule has 1 N–H and O–H groups in total. The highest BCUT2D eigenvalue weighted by Crippen LogP contribution is 2.12. The molecule has 4 heteroatoms. The van der Waals surface area contributed by atoms with Crippen LogP contribution in [0.1, 0.15) is 26.7 Å². The Morgan fingerprint density at radius 1 is 1.40 bits per heavy atom. The fraction of sp³-hybridized carbons (Fsp3) is 0.562. The van der Waals surface area contributed by atoms with Crippen molar-refractivity contribution in [1.82, 2.24) is 10.2 Å². The first-order valence-electron chi connectivity index (χ1n) is 7.37. The Morgan fingerprint density at radius 2 is 2.15 bits per heavy atom. The average Bonchev–Trinajstić information content (AvgIpc) is 2.96. The number of amides is 1. The molecule has 0 aromatic heterocycles. The number of nitrogens with one attached hydrogen (secondary N) is 1. The van der Waals surface area contributed by atoms with Crippen molar-refractivity contribution in [3.05, 3.63) is 30.3 Å². The van der Waals surface area contributed by atoms with E-state index in [0.717, 1.165) is 25.3 Å². The molecular weight excluding hydrogens is 252 g/mol. The maximum atomic E-state index is 12.3. The van der Waals surface area contributed by atoms with Gasteiger partial charge in [0.1, 0.15) is 5.75 Å². The lowest BCUT2D eigenvalue weighted by molar-refractivity contribution is -0.135. The fourth-order valence-electron chi connectivity index (χ4n) is 2.50. The summed E-state index contributed by atoms with van der Waals surface area (Å²) in [6.45, 7) is 6.04. The number of hydrogen-bond donors (Lipinski definition) is 1. The summed E-state index contributed by atoms with van der Waals surface area (Å²) in [5, 5.41) is 3.44. The van der Waals surface area contributed by atoms with E-state index >= 15 is 0 Å². The molecule has 0 spiro atoms. The third-order valence-corrected chi connectivity index (χ3v) is 3.63. The molecule has 1 heterocycles. The summed E-state index contributed by atoms with van der Waals surface area (Å²) in [6.07, 6.45) is 2.35. The topological polar surface area (TPSA) is 41.6 Å². The van der Waals surface area contributed by atoms with Crippen LogP contribution >= 0.6 is 0 Å². The number of carbonyl (C=O) groups is 1. The van der Waals surface area contributed by atoms with Crippen LogP contribution in [0.15, 0.2) is 30.3 Å². The molecule has 20 heavy (non-hydrogen) atoms. The normalized spacial score (nSPS) is 18.2. The number of para-hydroxylation sites is 1. The molecule has 2 rings (SSSR count). The second kappa shape index (κ2) is 7.29. The minimum atomic E-state index is 0.0533. The summed E-state index contributed by atoms with van der Waals surface area (Å²) in [6, 6.07) is 10.1. The van der Waals surface area contributed by atoms with Gasteiger partial charge in [-0.1, -0.05) is 18.2 Å². The van der Waals surface area contributed by atoms with Crippen LogP contribution in [0.5, 0.6) is 5.75 Å². The number of hydrogen-bond acceptors (Lipinski definition) is 3. The predicted octanol–water partition coefficient (Wildman–Crippen LogP) is 2.05. The van der Waals surface area contributed by atoms with Crippen molar-refractivity contribution < 1.29 is 9.53 Å². The van der Waals surface area contributed by atoms with E-state index in [1.165, 1.54) is 6.42 Å². The molecule has 1 aliphatic heterocycles. The van der Waals surface area contributed by atoms with E-state index < -0.39 is 0 Å². The van der Waals surface area contributed by atoms with Gasteiger partial charge in [0.25, 0.3) is 5.91 Å². The highest BCUT2D eigenvalue weighted by atomic mass is 16.5. The first-order chi connectivity index (χ1) is 9.66. The van der Waals surface area contributed by atoms with Gasteiger partial charge in [-0.25, -0.2) is 0 Å². The molecule has 1 saturated heterocycles. The van der Waals surface area contributed by atoms with Crippen molar-refractivity contribution >= 4 is 5.91 Å². The van der Waals surface area contributed by atoms with Gasteiger partial charge in [0.05, 0.1) is 0 Å². The van der Waals surface area contributed by atoms with Gasteiger partial charge >= 0.3 is 0 Å². The number of nitrogens with zero attached hydrogens (tertiary/aromatic N) is 1. The standard InChI is InChI=1S/C16H24N2O2/c1-13(2)18(11-14-7-6-10-17-14)16(19)12-20-15-8-4-3-5-9-15/h3-5,8-9,13-14,17H,6-7,10-12H2,1-2H3. The Hall–Kier alpha value is -1.55. The zero-order valence-corrected chi connectivity index (χ0v) is 12.3. The molecule has 0 bridgehead atoms. The molecule has 1 aromatic rings. The molecule has 0 saturated carbocycles. The van der Waals surface area contributed by atoms with Crippen LogP contribution in [0.25, 0.3) is 0 Å². The molecule has 110 valence electrons. The van der Waals surface area contributed by atoms with Gasteiger partial charge in [-0.15, -0.1) is 0 Å². The molecule has 4 nitrogen and oxygen atoms in total. The van der Waals surface area contributed by atoms with Crippen LogP contribution in [0, 0.1) is 0 Å².